The summed E-state index contributed by atoms with van der Waals surface area (Å²) in [5.74, 6) is -0.591. The van der Waals surface area contributed by atoms with Gasteiger partial charge in [0, 0.05) is 22.6 Å². The zero-order valence-corrected chi connectivity index (χ0v) is 16.9. The zero-order valence-electron chi connectivity index (χ0n) is 15.3. The summed E-state index contributed by atoms with van der Waals surface area (Å²) in [5, 5.41) is 5.60. The lowest BCUT2D eigenvalue weighted by molar-refractivity contribution is -0.205. The summed E-state index contributed by atoms with van der Waals surface area (Å²) < 4.78 is 11.1. The third kappa shape index (κ3) is 4.29. The van der Waals surface area contributed by atoms with Gasteiger partial charge in [-0.15, -0.1) is 22.7 Å². The van der Waals surface area contributed by atoms with Crippen molar-refractivity contribution in [3.63, 3.8) is 0 Å². The predicted molar refractivity (Wildman–Crippen MR) is 99.3 cm³/mol. The molecule has 0 radical (unpaired) electrons. The first-order valence-corrected chi connectivity index (χ1v) is 10.2. The monoisotopic (exact) mass is 394 g/mol. The van der Waals surface area contributed by atoms with Crippen molar-refractivity contribution < 1.29 is 19.1 Å². The number of thiazole rings is 2. The molecule has 2 aromatic rings. The van der Waals surface area contributed by atoms with Crippen molar-refractivity contribution in [3.8, 4) is 0 Å². The smallest absolute Gasteiger partial charge is 0.312 e. The van der Waals surface area contributed by atoms with Crippen LogP contribution in [0.3, 0.4) is 0 Å². The number of carbonyl (C=O) groups excluding carboxylic acids is 2. The molecule has 1 saturated carbocycles. The van der Waals surface area contributed by atoms with Gasteiger partial charge in [-0.1, -0.05) is 13.8 Å². The minimum absolute atomic E-state index is 0.171. The molecular weight excluding hydrogens is 372 g/mol. The Morgan fingerprint density at radius 3 is 1.73 bits per heavy atom. The van der Waals surface area contributed by atoms with Gasteiger partial charge in [-0.2, -0.15) is 0 Å². The first kappa shape index (κ1) is 19.0. The third-order valence-corrected chi connectivity index (χ3v) is 6.26. The molecule has 0 spiro atoms. The molecule has 3 rings (SSSR count). The Kier molecular flexibility index (Phi) is 5.43. The van der Waals surface area contributed by atoms with E-state index in [0.29, 0.717) is 6.42 Å². The average Bonchev–Trinajstić information content (AvgIpc) is 3.14. The molecule has 0 aliphatic heterocycles. The molecule has 0 aromatic carbocycles. The second-order valence-electron chi connectivity index (χ2n) is 7.08. The summed E-state index contributed by atoms with van der Waals surface area (Å²) in [5.41, 5.74) is 1.06. The van der Waals surface area contributed by atoms with Crippen molar-refractivity contribution in [2.45, 2.75) is 59.2 Å². The minimum atomic E-state index is -0.401. The number of ether oxygens (including phenoxy) is 2. The summed E-state index contributed by atoms with van der Waals surface area (Å²) >= 11 is 3.03. The largest absolute Gasteiger partial charge is 0.461 e. The lowest BCUT2D eigenvalue weighted by atomic mass is 9.66. The van der Waals surface area contributed by atoms with E-state index in [1.165, 1.54) is 22.7 Å². The van der Waals surface area contributed by atoms with Crippen LogP contribution in [0.4, 0.5) is 0 Å². The van der Waals surface area contributed by atoms with E-state index in [-0.39, 0.29) is 37.0 Å². The Labute approximate surface area is 160 Å². The highest BCUT2D eigenvalue weighted by atomic mass is 32.1. The molecule has 1 aliphatic carbocycles. The molecule has 2 aromatic heterocycles. The number of hydrogen-bond donors (Lipinski definition) is 0. The van der Waals surface area contributed by atoms with Gasteiger partial charge in [0.25, 0.3) is 0 Å². The van der Waals surface area contributed by atoms with Gasteiger partial charge in [0.1, 0.15) is 12.2 Å². The Hall–Kier alpha value is -1.80. The summed E-state index contributed by atoms with van der Waals surface area (Å²) in [6.07, 6.45) is 0.356. The molecule has 2 unspecified atom stereocenters. The highest BCUT2D eigenvalue weighted by Crippen LogP contribution is 2.45. The number of hydrogen-bond acceptors (Lipinski definition) is 8. The van der Waals surface area contributed by atoms with E-state index in [2.05, 4.69) is 9.97 Å². The summed E-state index contributed by atoms with van der Waals surface area (Å²) in [6.45, 7) is 7.71. The van der Waals surface area contributed by atoms with Crippen LogP contribution in [0.25, 0.3) is 0 Å². The fraction of sp³-hybridized carbons (Fsp3) is 0.556. The SMILES string of the molecule is Cc1nc(CC(=O)OC2CC(OC(=O)Cc3csc(C)n3)C2(C)C)cs1. The number of aryl methyl sites for hydroxylation is 2. The number of esters is 2. The molecule has 0 bridgehead atoms. The summed E-state index contributed by atoms with van der Waals surface area (Å²) in [6, 6.07) is 0. The van der Waals surface area contributed by atoms with E-state index in [1.54, 1.807) is 0 Å². The van der Waals surface area contributed by atoms with Crippen LogP contribution < -0.4 is 0 Å². The molecule has 8 heteroatoms. The van der Waals surface area contributed by atoms with Crippen molar-refractivity contribution in [3.05, 3.63) is 32.2 Å². The predicted octanol–water partition coefficient (Wildman–Crippen LogP) is 3.26. The fourth-order valence-electron chi connectivity index (χ4n) is 2.92. The molecule has 1 fully saturated rings. The van der Waals surface area contributed by atoms with Gasteiger partial charge in [-0.3, -0.25) is 9.59 Å². The highest BCUT2D eigenvalue weighted by Gasteiger charge is 2.53. The van der Waals surface area contributed by atoms with Crippen LogP contribution in [0.2, 0.25) is 0 Å². The van der Waals surface area contributed by atoms with Crippen LogP contribution in [0.1, 0.15) is 41.7 Å². The topological polar surface area (TPSA) is 78.4 Å². The Bertz CT molecular complexity index is 747. The van der Waals surface area contributed by atoms with Crippen molar-refractivity contribution in [2.75, 3.05) is 0 Å². The lowest BCUT2D eigenvalue weighted by Crippen LogP contribution is -2.57. The van der Waals surface area contributed by atoms with Gasteiger partial charge in [-0.25, -0.2) is 9.97 Å². The maximum absolute atomic E-state index is 12.1. The quantitative estimate of drug-likeness (QED) is 0.700. The fourth-order valence-corrected chi connectivity index (χ4v) is 4.15. The first-order valence-electron chi connectivity index (χ1n) is 8.45. The molecule has 0 N–H and O–H groups in total. The summed E-state index contributed by atoms with van der Waals surface area (Å²) in [7, 11) is 0. The van der Waals surface area contributed by atoms with Crippen LogP contribution >= 0.6 is 22.7 Å². The van der Waals surface area contributed by atoms with Crippen LogP contribution in [-0.4, -0.2) is 34.1 Å². The zero-order chi connectivity index (χ0) is 18.9. The van der Waals surface area contributed by atoms with Crippen LogP contribution in [0.5, 0.6) is 0 Å². The molecular formula is C18H22N2O4S2. The Morgan fingerprint density at radius 1 is 1.00 bits per heavy atom. The van der Waals surface area contributed by atoms with Crippen LogP contribution in [0.15, 0.2) is 10.8 Å². The molecule has 26 heavy (non-hydrogen) atoms. The van der Waals surface area contributed by atoms with E-state index in [9.17, 15) is 9.59 Å². The van der Waals surface area contributed by atoms with Crippen molar-refractivity contribution in [1.29, 1.82) is 0 Å². The maximum atomic E-state index is 12.1. The third-order valence-electron chi connectivity index (χ3n) is 4.62. The van der Waals surface area contributed by atoms with E-state index in [1.807, 2.05) is 38.5 Å². The molecule has 2 atom stereocenters. The summed E-state index contributed by atoms with van der Waals surface area (Å²) in [4.78, 5) is 32.8. The molecule has 0 saturated heterocycles. The molecule has 140 valence electrons. The van der Waals surface area contributed by atoms with E-state index in [4.69, 9.17) is 9.47 Å². The number of nitrogens with zero attached hydrogens (tertiary/aromatic N) is 2. The molecule has 0 amide bonds. The Balaban J connectivity index is 1.47. The standard InChI is InChI=1S/C18H22N2O4S2/c1-10-19-12(8-25-10)5-16(21)23-14-7-15(18(14,3)4)24-17(22)6-13-9-26-11(2)20-13/h8-9,14-15H,5-7H2,1-4H3. The van der Waals surface area contributed by atoms with E-state index < -0.39 is 5.41 Å². The van der Waals surface area contributed by atoms with Gasteiger partial charge in [0.15, 0.2) is 0 Å². The normalized spacial score (nSPS) is 21.1. The van der Waals surface area contributed by atoms with Crippen LogP contribution in [0, 0.1) is 19.3 Å². The maximum Gasteiger partial charge on any atom is 0.312 e. The van der Waals surface area contributed by atoms with Crippen molar-refractivity contribution >= 4 is 34.6 Å². The number of aromatic nitrogens is 2. The van der Waals surface area contributed by atoms with E-state index >= 15 is 0 Å². The Morgan fingerprint density at radius 2 is 1.42 bits per heavy atom. The lowest BCUT2D eigenvalue weighted by Gasteiger charge is -2.49. The molecule has 1 aliphatic rings. The van der Waals surface area contributed by atoms with Gasteiger partial charge >= 0.3 is 11.9 Å². The number of carbonyl (C=O) groups is 2. The van der Waals surface area contributed by atoms with E-state index in [0.717, 1.165) is 21.4 Å². The second-order valence-corrected chi connectivity index (χ2v) is 9.21. The van der Waals surface area contributed by atoms with Gasteiger partial charge in [0.05, 0.1) is 34.2 Å². The molecule has 6 nitrogen and oxygen atoms in total. The molecule has 2 heterocycles. The second kappa shape index (κ2) is 7.44. The number of rotatable bonds is 6. The van der Waals surface area contributed by atoms with Crippen molar-refractivity contribution in [2.24, 2.45) is 5.41 Å². The van der Waals surface area contributed by atoms with Crippen LogP contribution in [-0.2, 0) is 31.9 Å². The highest BCUT2D eigenvalue weighted by molar-refractivity contribution is 7.09. The first-order chi connectivity index (χ1) is 12.2. The minimum Gasteiger partial charge on any atom is -0.461 e. The van der Waals surface area contributed by atoms with Crippen molar-refractivity contribution in [1.82, 2.24) is 9.97 Å². The van der Waals surface area contributed by atoms with Gasteiger partial charge in [-0.05, 0) is 13.8 Å². The average molecular weight is 395 g/mol. The van der Waals surface area contributed by atoms with Gasteiger partial charge in [0.2, 0.25) is 0 Å². The van der Waals surface area contributed by atoms with Gasteiger partial charge < -0.3 is 9.47 Å².